The Morgan fingerprint density at radius 2 is 1.88 bits per heavy atom. The first-order chi connectivity index (χ1) is 7.50. The first-order valence-corrected chi connectivity index (χ1v) is 4.55. The predicted octanol–water partition coefficient (Wildman–Crippen LogP) is -0.782. The number of aliphatic hydroxyl groups excluding tert-OH is 1. The minimum absolute atomic E-state index is 0.408. The number of aliphatic hydroxyl groups is 1. The van der Waals surface area contributed by atoms with Gasteiger partial charge in [0.2, 0.25) is 5.91 Å². The second kappa shape index (κ2) is 5.32. The van der Waals surface area contributed by atoms with E-state index in [9.17, 15) is 22.8 Å². The summed E-state index contributed by atoms with van der Waals surface area (Å²) in [5, 5.41) is 18.9. The van der Waals surface area contributed by atoms with Crippen LogP contribution in [0.3, 0.4) is 0 Å². The van der Waals surface area contributed by atoms with Gasteiger partial charge in [-0.1, -0.05) is 0 Å². The molecule has 0 aliphatic rings. The summed E-state index contributed by atoms with van der Waals surface area (Å²) in [6.07, 6.45) is -7.07. The molecular weight excluding hydrogens is 245 g/mol. The van der Waals surface area contributed by atoms with Crippen molar-refractivity contribution in [1.82, 2.24) is 5.32 Å². The van der Waals surface area contributed by atoms with Crippen LogP contribution in [0.5, 0.6) is 0 Å². The molecule has 0 saturated carbocycles. The van der Waals surface area contributed by atoms with E-state index < -0.39 is 42.7 Å². The fraction of sp³-hybridized carbons (Fsp3) is 0.750. The molecule has 0 radical (unpaired) electrons. The number of rotatable bonds is 5. The molecule has 0 aromatic carbocycles. The van der Waals surface area contributed by atoms with Crippen LogP contribution in [0.4, 0.5) is 13.2 Å². The fourth-order valence-electron chi connectivity index (χ4n) is 0.758. The molecule has 2 unspecified atom stereocenters. The van der Waals surface area contributed by atoms with E-state index in [2.05, 4.69) is 0 Å². The molecule has 0 aliphatic carbocycles. The number of alkyl halides is 3. The number of carbonyl (C=O) groups excluding carboxylic acids is 1. The van der Waals surface area contributed by atoms with Crippen molar-refractivity contribution in [2.75, 3.05) is 6.54 Å². The first kappa shape index (κ1) is 15.7. The van der Waals surface area contributed by atoms with Gasteiger partial charge in [-0.25, -0.2) is 4.79 Å². The van der Waals surface area contributed by atoms with E-state index in [1.54, 1.807) is 0 Å². The van der Waals surface area contributed by atoms with Gasteiger partial charge in [-0.15, -0.1) is 0 Å². The second-order valence-electron chi connectivity index (χ2n) is 3.60. The van der Waals surface area contributed by atoms with Crippen LogP contribution < -0.4 is 11.1 Å². The lowest BCUT2D eigenvalue weighted by Gasteiger charge is -2.26. The molecule has 0 spiro atoms. The Labute approximate surface area is 94.6 Å². The number of carboxylic acids is 1. The molecule has 0 aromatic heterocycles. The zero-order valence-corrected chi connectivity index (χ0v) is 8.91. The standard InChI is InChI=1S/C8H13F3N2O4/c1-7(12,8(9,10)11)6(17)13-3-2-4(14)5(15)16/h4,14H,2-3,12H2,1H3,(H,13,17)(H,15,16). The molecule has 0 rings (SSSR count). The van der Waals surface area contributed by atoms with E-state index in [4.69, 9.17) is 15.9 Å². The molecule has 6 nitrogen and oxygen atoms in total. The van der Waals surface area contributed by atoms with Gasteiger partial charge in [-0.3, -0.25) is 4.79 Å². The molecule has 9 heteroatoms. The average Bonchev–Trinajstić information content (AvgIpc) is 2.15. The van der Waals surface area contributed by atoms with Crippen LogP contribution in [0.1, 0.15) is 13.3 Å². The summed E-state index contributed by atoms with van der Waals surface area (Å²) in [4.78, 5) is 21.2. The Balaban J connectivity index is 4.25. The van der Waals surface area contributed by atoms with Crippen molar-refractivity contribution in [2.45, 2.75) is 31.2 Å². The first-order valence-electron chi connectivity index (χ1n) is 4.55. The lowest BCUT2D eigenvalue weighted by Crippen LogP contribution is -2.61. The number of carbonyl (C=O) groups is 2. The number of carboxylic acid groups (broad SMARTS) is 1. The van der Waals surface area contributed by atoms with Gasteiger partial charge in [0.05, 0.1) is 0 Å². The number of amides is 1. The van der Waals surface area contributed by atoms with Crippen molar-refractivity contribution in [2.24, 2.45) is 5.73 Å². The summed E-state index contributed by atoms with van der Waals surface area (Å²) in [5.41, 5.74) is 1.74. The van der Waals surface area contributed by atoms with Gasteiger partial charge in [0.15, 0.2) is 11.6 Å². The Hall–Kier alpha value is -1.35. The number of halogens is 3. The van der Waals surface area contributed by atoms with Gasteiger partial charge in [-0.2, -0.15) is 13.2 Å². The molecule has 100 valence electrons. The van der Waals surface area contributed by atoms with Gasteiger partial charge in [0.1, 0.15) is 0 Å². The van der Waals surface area contributed by atoms with Gasteiger partial charge in [-0.05, 0) is 6.92 Å². The molecule has 1 amide bonds. The Morgan fingerprint density at radius 1 is 1.41 bits per heavy atom. The number of nitrogens with one attached hydrogen (secondary N) is 1. The Bertz CT molecular complexity index is 304. The quantitative estimate of drug-likeness (QED) is 0.516. The fourth-order valence-corrected chi connectivity index (χ4v) is 0.758. The number of hydrogen-bond donors (Lipinski definition) is 4. The van der Waals surface area contributed by atoms with Crippen LogP contribution in [0.2, 0.25) is 0 Å². The molecule has 0 bridgehead atoms. The molecule has 0 fully saturated rings. The zero-order valence-electron chi connectivity index (χ0n) is 8.91. The molecule has 0 aliphatic heterocycles. The van der Waals surface area contributed by atoms with Crippen LogP contribution in [0.25, 0.3) is 0 Å². The molecule has 0 heterocycles. The highest BCUT2D eigenvalue weighted by molar-refractivity contribution is 5.86. The van der Waals surface area contributed by atoms with Crippen molar-refractivity contribution in [3.63, 3.8) is 0 Å². The minimum atomic E-state index is -4.91. The van der Waals surface area contributed by atoms with E-state index in [0.29, 0.717) is 6.92 Å². The monoisotopic (exact) mass is 258 g/mol. The molecule has 2 atom stereocenters. The molecular formula is C8H13F3N2O4. The van der Waals surface area contributed by atoms with E-state index in [0.717, 1.165) is 0 Å². The maximum Gasteiger partial charge on any atom is 0.415 e. The van der Waals surface area contributed by atoms with Crippen molar-refractivity contribution in [3.05, 3.63) is 0 Å². The van der Waals surface area contributed by atoms with Gasteiger partial charge < -0.3 is 21.3 Å². The zero-order chi connectivity index (χ0) is 13.9. The molecule has 0 saturated heterocycles. The van der Waals surface area contributed by atoms with Crippen LogP contribution >= 0.6 is 0 Å². The van der Waals surface area contributed by atoms with Crippen LogP contribution in [0.15, 0.2) is 0 Å². The summed E-state index contributed by atoms with van der Waals surface area (Å²) in [6, 6.07) is 0. The smallest absolute Gasteiger partial charge is 0.415 e. The summed E-state index contributed by atoms with van der Waals surface area (Å²) in [5.74, 6) is -3.01. The lowest BCUT2D eigenvalue weighted by molar-refractivity contribution is -0.187. The van der Waals surface area contributed by atoms with Crippen molar-refractivity contribution in [1.29, 1.82) is 0 Å². The maximum absolute atomic E-state index is 12.3. The maximum atomic E-state index is 12.3. The molecule has 0 aromatic rings. The summed E-state index contributed by atoms with van der Waals surface area (Å²) < 4.78 is 36.8. The largest absolute Gasteiger partial charge is 0.479 e. The normalized spacial score (nSPS) is 17.1. The number of hydrogen-bond acceptors (Lipinski definition) is 4. The molecule has 5 N–H and O–H groups in total. The van der Waals surface area contributed by atoms with Crippen LogP contribution in [-0.4, -0.2) is 46.5 Å². The summed E-state index contributed by atoms with van der Waals surface area (Å²) in [7, 11) is 0. The molecule has 17 heavy (non-hydrogen) atoms. The third-order valence-electron chi connectivity index (χ3n) is 2.05. The van der Waals surface area contributed by atoms with Crippen molar-refractivity contribution in [3.8, 4) is 0 Å². The summed E-state index contributed by atoms with van der Waals surface area (Å²) >= 11 is 0. The Kier molecular flexibility index (Phi) is 4.90. The van der Waals surface area contributed by atoms with Crippen LogP contribution in [-0.2, 0) is 9.59 Å². The van der Waals surface area contributed by atoms with E-state index in [-0.39, 0.29) is 0 Å². The minimum Gasteiger partial charge on any atom is -0.479 e. The lowest BCUT2D eigenvalue weighted by atomic mass is 10.0. The number of aliphatic carboxylic acids is 1. The van der Waals surface area contributed by atoms with Crippen LogP contribution in [0, 0.1) is 0 Å². The van der Waals surface area contributed by atoms with Gasteiger partial charge in [0.25, 0.3) is 0 Å². The Morgan fingerprint density at radius 3 is 2.24 bits per heavy atom. The predicted molar refractivity (Wildman–Crippen MR) is 49.9 cm³/mol. The van der Waals surface area contributed by atoms with E-state index >= 15 is 0 Å². The highest BCUT2D eigenvalue weighted by atomic mass is 19.4. The second-order valence-corrected chi connectivity index (χ2v) is 3.60. The topological polar surface area (TPSA) is 113 Å². The van der Waals surface area contributed by atoms with Crippen molar-refractivity contribution < 1.29 is 33.0 Å². The summed E-state index contributed by atoms with van der Waals surface area (Å²) in [6.45, 7) is 0.0745. The highest BCUT2D eigenvalue weighted by Gasteiger charge is 2.53. The average molecular weight is 258 g/mol. The van der Waals surface area contributed by atoms with Gasteiger partial charge in [0, 0.05) is 13.0 Å². The van der Waals surface area contributed by atoms with E-state index in [1.807, 2.05) is 5.32 Å². The third-order valence-corrected chi connectivity index (χ3v) is 2.05. The number of nitrogens with two attached hydrogens (primary N) is 1. The highest BCUT2D eigenvalue weighted by Crippen LogP contribution is 2.27. The van der Waals surface area contributed by atoms with Gasteiger partial charge >= 0.3 is 12.1 Å². The SMILES string of the molecule is CC(N)(C(=O)NCCC(O)C(=O)O)C(F)(F)F. The van der Waals surface area contributed by atoms with Crippen molar-refractivity contribution >= 4 is 11.9 Å². The third kappa shape index (κ3) is 4.19. The van der Waals surface area contributed by atoms with E-state index in [1.165, 1.54) is 0 Å².